The Hall–Kier alpha value is -2.30. The van der Waals surface area contributed by atoms with Crippen molar-refractivity contribution in [3.05, 3.63) is 41.2 Å². The van der Waals surface area contributed by atoms with Gasteiger partial charge in [-0.25, -0.2) is 9.97 Å². The van der Waals surface area contributed by atoms with E-state index >= 15 is 0 Å². The van der Waals surface area contributed by atoms with E-state index in [1.807, 2.05) is 52.0 Å². The third-order valence-electron chi connectivity index (χ3n) is 3.40. The lowest BCUT2D eigenvalue weighted by atomic mass is 10.1. The molecule has 1 unspecified atom stereocenters. The fourth-order valence-corrected chi connectivity index (χ4v) is 2.40. The number of rotatable bonds is 7. The van der Waals surface area contributed by atoms with E-state index in [0.717, 1.165) is 28.5 Å². The van der Waals surface area contributed by atoms with Crippen molar-refractivity contribution in [1.82, 2.24) is 9.97 Å². The standard InChI is InChI=1S/C18H25N3O2/c1-6-22-16-9-8-15(11-17(16)23-7-2)14(5)21-18-19-12(3)10-13(4)20-18/h8-11,14H,6-7H2,1-5H3,(H,19,20,21). The maximum atomic E-state index is 5.68. The molecule has 2 aromatic rings. The molecule has 5 heteroatoms. The Morgan fingerprint density at radius 1 is 0.957 bits per heavy atom. The predicted molar refractivity (Wildman–Crippen MR) is 92.3 cm³/mol. The molecule has 124 valence electrons. The Balaban J connectivity index is 2.21. The van der Waals surface area contributed by atoms with E-state index in [-0.39, 0.29) is 6.04 Å². The van der Waals surface area contributed by atoms with Gasteiger partial charge in [-0.1, -0.05) is 6.07 Å². The summed E-state index contributed by atoms with van der Waals surface area (Å²) in [6.45, 7) is 11.2. The zero-order chi connectivity index (χ0) is 16.8. The third kappa shape index (κ3) is 4.58. The first-order chi connectivity index (χ1) is 11.0. The van der Waals surface area contributed by atoms with Crippen LogP contribution in [-0.2, 0) is 0 Å². The molecule has 1 aromatic heterocycles. The molecule has 0 amide bonds. The number of aryl methyl sites for hydroxylation is 2. The summed E-state index contributed by atoms with van der Waals surface area (Å²) in [5.74, 6) is 2.18. The highest BCUT2D eigenvalue weighted by Gasteiger charge is 2.12. The van der Waals surface area contributed by atoms with Gasteiger partial charge in [-0.3, -0.25) is 0 Å². The lowest BCUT2D eigenvalue weighted by Crippen LogP contribution is -2.11. The zero-order valence-electron chi connectivity index (χ0n) is 14.5. The van der Waals surface area contributed by atoms with Crippen molar-refractivity contribution in [2.45, 2.75) is 40.7 Å². The number of hydrogen-bond acceptors (Lipinski definition) is 5. The third-order valence-corrected chi connectivity index (χ3v) is 3.40. The number of nitrogens with one attached hydrogen (secondary N) is 1. The highest BCUT2D eigenvalue weighted by atomic mass is 16.5. The summed E-state index contributed by atoms with van der Waals surface area (Å²) in [6.07, 6.45) is 0. The molecule has 0 fully saturated rings. The second-order valence-corrected chi connectivity index (χ2v) is 5.41. The molecule has 0 bridgehead atoms. The van der Waals surface area contributed by atoms with Gasteiger partial charge in [0.05, 0.1) is 19.3 Å². The normalized spacial score (nSPS) is 11.9. The fraction of sp³-hybridized carbons (Fsp3) is 0.444. The Labute approximate surface area is 138 Å². The van der Waals surface area contributed by atoms with Crippen LogP contribution in [0.25, 0.3) is 0 Å². The zero-order valence-corrected chi connectivity index (χ0v) is 14.5. The van der Waals surface area contributed by atoms with Crippen molar-refractivity contribution >= 4 is 5.95 Å². The Kier molecular flexibility index (Phi) is 5.79. The minimum atomic E-state index is 0.0612. The van der Waals surface area contributed by atoms with Crippen molar-refractivity contribution in [3.8, 4) is 11.5 Å². The molecule has 0 spiro atoms. The van der Waals surface area contributed by atoms with Crippen molar-refractivity contribution in [2.75, 3.05) is 18.5 Å². The summed E-state index contributed by atoms with van der Waals surface area (Å²) >= 11 is 0. The molecule has 0 aliphatic rings. The molecule has 5 nitrogen and oxygen atoms in total. The summed E-state index contributed by atoms with van der Waals surface area (Å²) in [6, 6.07) is 8.01. The average Bonchev–Trinajstić information content (AvgIpc) is 2.48. The quantitative estimate of drug-likeness (QED) is 0.835. The molecule has 0 aliphatic carbocycles. The number of aromatic nitrogens is 2. The summed E-state index contributed by atoms with van der Waals surface area (Å²) in [5, 5.41) is 3.34. The molecular weight excluding hydrogens is 290 g/mol. The van der Waals surface area contributed by atoms with Crippen LogP contribution in [0.4, 0.5) is 5.95 Å². The van der Waals surface area contributed by atoms with Gasteiger partial charge in [0.15, 0.2) is 11.5 Å². The van der Waals surface area contributed by atoms with Gasteiger partial charge in [-0.2, -0.15) is 0 Å². The highest BCUT2D eigenvalue weighted by molar-refractivity contribution is 5.45. The maximum absolute atomic E-state index is 5.68. The van der Waals surface area contributed by atoms with Crippen LogP contribution in [0.15, 0.2) is 24.3 Å². The lowest BCUT2D eigenvalue weighted by molar-refractivity contribution is 0.287. The van der Waals surface area contributed by atoms with Crippen LogP contribution < -0.4 is 14.8 Å². The maximum Gasteiger partial charge on any atom is 0.223 e. The smallest absolute Gasteiger partial charge is 0.223 e. The number of ether oxygens (including phenoxy) is 2. The van der Waals surface area contributed by atoms with Crippen LogP contribution in [0, 0.1) is 13.8 Å². The topological polar surface area (TPSA) is 56.3 Å². The Morgan fingerprint density at radius 2 is 1.57 bits per heavy atom. The van der Waals surface area contributed by atoms with E-state index in [9.17, 15) is 0 Å². The SMILES string of the molecule is CCOc1ccc(C(C)Nc2nc(C)cc(C)n2)cc1OCC. The van der Waals surface area contributed by atoms with Crippen LogP contribution in [0.2, 0.25) is 0 Å². The molecule has 0 aliphatic heterocycles. The van der Waals surface area contributed by atoms with Gasteiger partial charge in [-0.05, 0) is 58.4 Å². The van der Waals surface area contributed by atoms with Gasteiger partial charge in [0.25, 0.3) is 0 Å². The minimum absolute atomic E-state index is 0.0612. The molecular formula is C18H25N3O2. The summed E-state index contributed by atoms with van der Waals surface area (Å²) in [5.41, 5.74) is 3.00. The minimum Gasteiger partial charge on any atom is -0.490 e. The van der Waals surface area contributed by atoms with Crippen LogP contribution in [0.1, 0.15) is 43.8 Å². The molecule has 23 heavy (non-hydrogen) atoms. The molecule has 1 heterocycles. The van der Waals surface area contributed by atoms with Gasteiger partial charge in [0.1, 0.15) is 0 Å². The fourth-order valence-electron chi connectivity index (χ4n) is 2.40. The largest absolute Gasteiger partial charge is 0.490 e. The van der Waals surface area contributed by atoms with E-state index in [4.69, 9.17) is 9.47 Å². The second-order valence-electron chi connectivity index (χ2n) is 5.41. The van der Waals surface area contributed by atoms with Crippen molar-refractivity contribution in [3.63, 3.8) is 0 Å². The van der Waals surface area contributed by atoms with Gasteiger partial charge in [-0.15, -0.1) is 0 Å². The molecule has 0 saturated heterocycles. The van der Waals surface area contributed by atoms with Gasteiger partial charge in [0.2, 0.25) is 5.95 Å². The average molecular weight is 315 g/mol. The van der Waals surface area contributed by atoms with Gasteiger partial charge < -0.3 is 14.8 Å². The van der Waals surface area contributed by atoms with Crippen LogP contribution >= 0.6 is 0 Å². The number of benzene rings is 1. The lowest BCUT2D eigenvalue weighted by Gasteiger charge is -2.18. The van der Waals surface area contributed by atoms with E-state index < -0.39 is 0 Å². The first kappa shape index (κ1) is 17.1. The van der Waals surface area contributed by atoms with Crippen molar-refractivity contribution in [1.29, 1.82) is 0 Å². The van der Waals surface area contributed by atoms with Crippen LogP contribution in [0.3, 0.4) is 0 Å². The summed E-state index contributed by atoms with van der Waals surface area (Å²) < 4.78 is 11.3. The number of hydrogen-bond donors (Lipinski definition) is 1. The van der Waals surface area contributed by atoms with Gasteiger partial charge in [0, 0.05) is 11.4 Å². The first-order valence-corrected chi connectivity index (χ1v) is 8.01. The summed E-state index contributed by atoms with van der Waals surface area (Å²) in [7, 11) is 0. The molecule has 2 rings (SSSR count). The second kappa shape index (κ2) is 7.81. The first-order valence-electron chi connectivity index (χ1n) is 8.01. The van der Waals surface area contributed by atoms with E-state index in [1.165, 1.54) is 0 Å². The summed E-state index contributed by atoms with van der Waals surface area (Å²) in [4.78, 5) is 8.85. The number of anilines is 1. The van der Waals surface area contributed by atoms with Gasteiger partial charge >= 0.3 is 0 Å². The Morgan fingerprint density at radius 3 is 2.17 bits per heavy atom. The predicted octanol–water partition coefficient (Wildman–Crippen LogP) is 4.06. The molecule has 1 atom stereocenters. The van der Waals surface area contributed by atoms with E-state index in [2.05, 4.69) is 22.2 Å². The van der Waals surface area contributed by atoms with E-state index in [1.54, 1.807) is 0 Å². The monoisotopic (exact) mass is 315 g/mol. The molecule has 1 aromatic carbocycles. The van der Waals surface area contributed by atoms with Crippen LogP contribution in [-0.4, -0.2) is 23.2 Å². The molecule has 0 saturated carbocycles. The van der Waals surface area contributed by atoms with Crippen molar-refractivity contribution < 1.29 is 9.47 Å². The molecule has 1 N–H and O–H groups in total. The van der Waals surface area contributed by atoms with Crippen molar-refractivity contribution in [2.24, 2.45) is 0 Å². The number of nitrogens with zero attached hydrogens (tertiary/aromatic N) is 2. The molecule has 0 radical (unpaired) electrons. The van der Waals surface area contributed by atoms with E-state index in [0.29, 0.717) is 19.2 Å². The van der Waals surface area contributed by atoms with Crippen LogP contribution in [0.5, 0.6) is 11.5 Å². The highest BCUT2D eigenvalue weighted by Crippen LogP contribution is 2.31. The Bertz CT molecular complexity index is 638.